The van der Waals surface area contributed by atoms with E-state index in [1.807, 2.05) is 30.3 Å². The van der Waals surface area contributed by atoms with Gasteiger partial charge in [0.25, 0.3) is 0 Å². The summed E-state index contributed by atoms with van der Waals surface area (Å²) >= 11 is 3.04. The van der Waals surface area contributed by atoms with Crippen LogP contribution in [0.1, 0.15) is 28.5 Å². The summed E-state index contributed by atoms with van der Waals surface area (Å²) in [5.41, 5.74) is 1.44. The van der Waals surface area contributed by atoms with Crippen LogP contribution in [0.5, 0.6) is 0 Å². The number of carboxylic acid groups (broad SMARTS) is 1. The Bertz CT molecular complexity index is 564. The van der Waals surface area contributed by atoms with Crippen LogP contribution in [-0.2, 0) is 5.75 Å². The van der Waals surface area contributed by atoms with Crippen molar-refractivity contribution < 1.29 is 9.90 Å². The molecule has 100 valence electrons. The number of aromatic carboxylic acids is 1. The molecule has 0 fully saturated rings. The summed E-state index contributed by atoms with van der Waals surface area (Å²) in [5, 5.41) is 10.7. The molecule has 0 saturated carbocycles. The topological polar surface area (TPSA) is 50.2 Å². The third-order valence-electron chi connectivity index (χ3n) is 2.45. The van der Waals surface area contributed by atoms with E-state index in [1.54, 1.807) is 11.8 Å². The van der Waals surface area contributed by atoms with Crippen LogP contribution in [0.3, 0.4) is 0 Å². The molecule has 0 aliphatic rings. The lowest BCUT2D eigenvalue weighted by Gasteiger charge is -2.00. The molecule has 1 aromatic heterocycles. The van der Waals surface area contributed by atoms with Crippen LogP contribution in [0.25, 0.3) is 11.3 Å². The van der Waals surface area contributed by atoms with Crippen molar-refractivity contribution in [3.8, 4) is 11.3 Å². The number of aromatic nitrogens is 1. The SMILES string of the molecule is CC(C)SCc1nc(-c2ccccc2)c(C(=O)O)s1. The Morgan fingerprint density at radius 1 is 1.37 bits per heavy atom. The summed E-state index contributed by atoms with van der Waals surface area (Å²) in [4.78, 5) is 16.1. The average Bonchev–Trinajstić information content (AvgIpc) is 2.82. The lowest BCUT2D eigenvalue weighted by molar-refractivity contribution is 0.0702. The van der Waals surface area contributed by atoms with Crippen molar-refractivity contribution in [3.05, 3.63) is 40.2 Å². The smallest absolute Gasteiger partial charge is 0.348 e. The Morgan fingerprint density at radius 3 is 2.63 bits per heavy atom. The minimum atomic E-state index is -0.905. The van der Waals surface area contributed by atoms with E-state index in [0.717, 1.165) is 16.3 Å². The molecule has 0 spiro atoms. The van der Waals surface area contributed by atoms with Gasteiger partial charge < -0.3 is 5.11 Å². The van der Waals surface area contributed by atoms with Gasteiger partial charge in [-0.25, -0.2) is 9.78 Å². The molecule has 1 N–H and O–H groups in total. The quantitative estimate of drug-likeness (QED) is 0.899. The fraction of sp³-hybridized carbons (Fsp3) is 0.286. The number of carbonyl (C=O) groups is 1. The molecule has 0 saturated heterocycles. The number of hydrogen-bond donors (Lipinski definition) is 1. The molecule has 0 atom stereocenters. The van der Waals surface area contributed by atoms with Gasteiger partial charge in [0.15, 0.2) is 0 Å². The van der Waals surface area contributed by atoms with E-state index in [4.69, 9.17) is 0 Å². The highest BCUT2D eigenvalue weighted by atomic mass is 32.2. The van der Waals surface area contributed by atoms with Crippen LogP contribution in [0.15, 0.2) is 30.3 Å². The Labute approximate surface area is 120 Å². The molecule has 2 aromatic rings. The highest BCUT2D eigenvalue weighted by molar-refractivity contribution is 7.99. The van der Waals surface area contributed by atoms with Gasteiger partial charge in [-0.2, -0.15) is 11.8 Å². The summed E-state index contributed by atoms with van der Waals surface area (Å²) in [6.45, 7) is 4.24. The van der Waals surface area contributed by atoms with Gasteiger partial charge in [-0.1, -0.05) is 44.2 Å². The van der Waals surface area contributed by atoms with E-state index in [0.29, 0.717) is 15.8 Å². The maximum atomic E-state index is 11.3. The predicted octanol–water partition coefficient (Wildman–Crippen LogP) is 4.15. The number of nitrogens with zero attached hydrogens (tertiary/aromatic N) is 1. The van der Waals surface area contributed by atoms with Crippen molar-refractivity contribution in [2.75, 3.05) is 0 Å². The number of thiazole rings is 1. The van der Waals surface area contributed by atoms with Crippen LogP contribution in [0, 0.1) is 0 Å². The molecule has 5 heteroatoms. The summed E-state index contributed by atoms with van der Waals surface area (Å²) in [6.07, 6.45) is 0. The first kappa shape index (κ1) is 14.1. The Morgan fingerprint density at radius 2 is 2.05 bits per heavy atom. The summed E-state index contributed by atoms with van der Waals surface area (Å²) in [5.74, 6) is -0.146. The molecule has 1 aromatic carbocycles. The van der Waals surface area contributed by atoms with E-state index in [2.05, 4.69) is 18.8 Å². The van der Waals surface area contributed by atoms with Gasteiger partial charge in [0.2, 0.25) is 0 Å². The second kappa shape index (κ2) is 6.21. The van der Waals surface area contributed by atoms with Gasteiger partial charge in [0, 0.05) is 11.3 Å². The van der Waals surface area contributed by atoms with Crippen molar-refractivity contribution in [2.24, 2.45) is 0 Å². The molecular weight excluding hydrogens is 278 g/mol. The van der Waals surface area contributed by atoms with Crippen LogP contribution in [0.4, 0.5) is 0 Å². The Kier molecular flexibility index (Phi) is 4.61. The molecule has 0 aliphatic heterocycles. The first-order valence-corrected chi connectivity index (χ1v) is 7.84. The molecule has 0 amide bonds. The molecule has 0 bridgehead atoms. The fourth-order valence-corrected chi connectivity index (χ4v) is 3.30. The fourth-order valence-electron chi connectivity index (χ4n) is 1.60. The highest BCUT2D eigenvalue weighted by Crippen LogP contribution is 2.30. The third kappa shape index (κ3) is 3.58. The molecule has 0 unspecified atom stereocenters. The maximum absolute atomic E-state index is 11.3. The normalized spacial score (nSPS) is 10.9. The summed E-state index contributed by atoms with van der Waals surface area (Å²) in [6, 6.07) is 9.47. The first-order valence-electron chi connectivity index (χ1n) is 5.98. The molecule has 3 nitrogen and oxygen atoms in total. The molecule has 0 aliphatic carbocycles. The van der Waals surface area contributed by atoms with Crippen molar-refractivity contribution in [1.82, 2.24) is 4.98 Å². The Balaban J connectivity index is 2.34. The van der Waals surface area contributed by atoms with Crippen molar-refractivity contribution in [2.45, 2.75) is 24.9 Å². The predicted molar refractivity (Wildman–Crippen MR) is 80.9 cm³/mol. The zero-order valence-electron chi connectivity index (χ0n) is 10.8. The monoisotopic (exact) mass is 293 g/mol. The minimum absolute atomic E-state index is 0.325. The zero-order valence-corrected chi connectivity index (χ0v) is 12.4. The van der Waals surface area contributed by atoms with Gasteiger partial charge in [-0.05, 0) is 5.25 Å². The van der Waals surface area contributed by atoms with Crippen molar-refractivity contribution in [3.63, 3.8) is 0 Å². The van der Waals surface area contributed by atoms with Crippen LogP contribution in [-0.4, -0.2) is 21.3 Å². The van der Waals surface area contributed by atoms with E-state index in [-0.39, 0.29) is 0 Å². The standard InChI is InChI=1S/C14H15NO2S2/c1-9(2)18-8-11-15-12(13(19-11)14(16)17)10-6-4-3-5-7-10/h3-7,9H,8H2,1-2H3,(H,16,17). The summed E-state index contributed by atoms with van der Waals surface area (Å²) in [7, 11) is 0. The van der Waals surface area contributed by atoms with Crippen molar-refractivity contribution >= 4 is 29.1 Å². The van der Waals surface area contributed by atoms with Gasteiger partial charge in [-0.3, -0.25) is 0 Å². The second-order valence-corrected chi connectivity index (χ2v) is 6.96. The zero-order chi connectivity index (χ0) is 13.8. The van der Waals surface area contributed by atoms with Gasteiger partial charge in [0.1, 0.15) is 9.88 Å². The van der Waals surface area contributed by atoms with E-state index < -0.39 is 5.97 Å². The number of carboxylic acids is 1. The van der Waals surface area contributed by atoms with Gasteiger partial charge in [-0.15, -0.1) is 11.3 Å². The molecule has 19 heavy (non-hydrogen) atoms. The number of hydrogen-bond acceptors (Lipinski definition) is 4. The molecule has 0 radical (unpaired) electrons. The van der Waals surface area contributed by atoms with E-state index in [9.17, 15) is 9.90 Å². The number of thioether (sulfide) groups is 1. The van der Waals surface area contributed by atoms with Gasteiger partial charge in [0.05, 0.1) is 5.69 Å². The minimum Gasteiger partial charge on any atom is -0.477 e. The lowest BCUT2D eigenvalue weighted by atomic mass is 10.1. The van der Waals surface area contributed by atoms with Crippen LogP contribution in [0.2, 0.25) is 0 Å². The lowest BCUT2D eigenvalue weighted by Crippen LogP contribution is -1.95. The number of benzene rings is 1. The van der Waals surface area contributed by atoms with Gasteiger partial charge >= 0.3 is 5.97 Å². The first-order chi connectivity index (χ1) is 9.08. The highest BCUT2D eigenvalue weighted by Gasteiger charge is 2.18. The van der Waals surface area contributed by atoms with Crippen molar-refractivity contribution in [1.29, 1.82) is 0 Å². The Hall–Kier alpha value is -1.33. The van der Waals surface area contributed by atoms with E-state index >= 15 is 0 Å². The maximum Gasteiger partial charge on any atom is 0.348 e. The second-order valence-electron chi connectivity index (χ2n) is 4.32. The molecule has 1 heterocycles. The molecule has 2 rings (SSSR count). The third-order valence-corrected chi connectivity index (χ3v) is 4.79. The number of rotatable bonds is 5. The van der Waals surface area contributed by atoms with E-state index in [1.165, 1.54) is 11.3 Å². The van der Waals surface area contributed by atoms with Crippen LogP contribution >= 0.6 is 23.1 Å². The van der Waals surface area contributed by atoms with Crippen LogP contribution < -0.4 is 0 Å². The largest absolute Gasteiger partial charge is 0.477 e. The summed E-state index contributed by atoms with van der Waals surface area (Å²) < 4.78 is 0. The molecular formula is C14H15NO2S2. The average molecular weight is 293 g/mol.